The number of rotatable bonds is 7. The molecule has 0 saturated heterocycles. The Bertz CT molecular complexity index is 561. The molecule has 0 aliphatic heterocycles. The standard InChI is InChI=1S/C15H23N3O2Si/c1-19-14-7-5-13(6-8-14)15-16-11-17-18(15)12-20-9-10-21(2,3)4/h5-8,11H,9-10,12H2,1-4H3. The van der Waals surface area contributed by atoms with Gasteiger partial charge in [0.05, 0.1) is 7.11 Å². The predicted octanol–water partition coefficient (Wildman–Crippen LogP) is 3.27. The van der Waals surface area contributed by atoms with Crippen molar-refractivity contribution in [3.8, 4) is 17.1 Å². The molecular formula is C15H23N3O2Si. The Hall–Kier alpha value is -1.66. The van der Waals surface area contributed by atoms with Gasteiger partial charge in [-0.2, -0.15) is 5.10 Å². The molecule has 0 aliphatic rings. The van der Waals surface area contributed by atoms with Crippen LogP contribution in [0.15, 0.2) is 30.6 Å². The lowest BCUT2D eigenvalue weighted by atomic mass is 10.2. The van der Waals surface area contributed by atoms with E-state index in [0.717, 1.165) is 29.8 Å². The number of hydrogen-bond donors (Lipinski definition) is 0. The molecule has 0 bridgehead atoms. The van der Waals surface area contributed by atoms with Crippen LogP contribution in [0.3, 0.4) is 0 Å². The number of benzene rings is 1. The maximum Gasteiger partial charge on any atom is 0.160 e. The van der Waals surface area contributed by atoms with Crippen molar-refractivity contribution in [2.45, 2.75) is 32.4 Å². The van der Waals surface area contributed by atoms with E-state index in [2.05, 4.69) is 29.7 Å². The number of methoxy groups -OCH3 is 1. The Balaban J connectivity index is 1.98. The summed E-state index contributed by atoms with van der Waals surface area (Å²) in [5.74, 6) is 1.64. The van der Waals surface area contributed by atoms with Crippen LogP contribution in [0.5, 0.6) is 5.75 Å². The first-order valence-electron chi connectivity index (χ1n) is 7.09. The van der Waals surface area contributed by atoms with Crippen molar-refractivity contribution in [1.29, 1.82) is 0 Å². The number of hydrogen-bond acceptors (Lipinski definition) is 4. The van der Waals surface area contributed by atoms with Gasteiger partial charge in [0.15, 0.2) is 5.82 Å². The Morgan fingerprint density at radius 1 is 1.14 bits per heavy atom. The summed E-state index contributed by atoms with van der Waals surface area (Å²) < 4.78 is 12.7. The Morgan fingerprint density at radius 2 is 1.86 bits per heavy atom. The van der Waals surface area contributed by atoms with Gasteiger partial charge >= 0.3 is 0 Å². The summed E-state index contributed by atoms with van der Waals surface area (Å²) in [5, 5.41) is 4.23. The van der Waals surface area contributed by atoms with E-state index in [1.54, 1.807) is 18.1 Å². The lowest BCUT2D eigenvalue weighted by Gasteiger charge is -2.15. The zero-order valence-corrected chi connectivity index (χ0v) is 14.2. The minimum absolute atomic E-state index is 0.436. The molecule has 2 rings (SSSR count). The van der Waals surface area contributed by atoms with E-state index in [0.29, 0.717) is 6.73 Å². The summed E-state index contributed by atoms with van der Waals surface area (Å²) in [5.41, 5.74) is 1.00. The molecule has 6 heteroatoms. The highest BCUT2D eigenvalue weighted by Gasteiger charge is 2.13. The molecule has 5 nitrogen and oxygen atoms in total. The molecule has 0 aliphatic carbocycles. The van der Waals surface area contributed by atoms with E-state index in [-0.39, 0.29) is 0 Å². The molecule has 0 spiro atoms. The zero-order chi connectivity index (χ0) is 15.3. The second kappa shape index (κ2) is 6.86. The molecule has 0 N–H and O–H groups in total. The summed E-state index contributed by atoms with van der Waals surface area (Å²) in [7, 11) is 0.605. The number of nitrogens with zero attached hydrogens (tertiary/aromatic N) is 3. The van der Waals surface area contributed by atoms with E-state index in [9.17, 15) is 0 Å². The molecule has 0 atom stereocenters. The normalized spacial score (nSPS) is 11.6. The SMILES string of the molecule is COc1ccc(-c2ncnn2COCC[Si](C)(C)C)cc1. The van der Waals surface area contributed by atoms with Crippen molar-refractivity contribution in [2.24, 2.45) is 0 Å². The van der Waals surface area contributed by atoms with E-state index >= 15 is 0 Å². The van der Waals surface area contributed by atoms with Gasteiger partial charge in [0.2, 0.25) is 0 Å². The van der Waals surface area contributed by atoms with E-state index in [1.807, 2.05) is 24.3 Å². The van der Waals surface area contributed by atoms with Crippen LogP contribution in [0.1, 0.15) is 0 Å². The molecule has 0 fully saturated rings. The summed E-state index contributed by atoms with van der Waals surface area (Å²) >= 11 is 0. The van der Waals surface area contributed by atoms with Crippen LogP contribution in [-0.4, -0.2) is 36.6 Å². The maximum atomic E-state index is 5.73. The van der Waals surface area contributed by atoms with Crippen molar-refractivity contribution in [3.05, 3.63) is 30.6 Å². The lowest BCUT2D eigenvalue weighted by Crippen LogP contribution is -2.22. The lowest BCUT2D eigenvalue weighted by molar-refractivity contribution is 0.0796. The molecule has 2 aromatic rings. The first-order valence-corrected chi connectivity index (χ1v) is 10.8. The van der Waals surface area contributed by atoms with Crippen LogP contribution in [0, 0.1) is 0 Å². The Labute approximate surface area is 126 Å². The average molecular weight is 305 g/mol. The summed E-state index contributed by atoms with van der Waals surface area (Å²) in [4.78, 5) is 4.31. The molecule has 1 aromatic carbocycles. The molecular weight excluding hydrogens is 282 g/mol. The minimum Gasteiger partial charge on any atom is -0.497 e. The molecule has 21 heavy (non-hydrogen) atoms. The van der Waals surface area contributed by atoms with Crippen LogP contribution in [0.2, 0.25) is 25.7 Å². The van der Waals surface area contributed by atoms with Crippen molar-refractivity contribution < 1.29 is 9.47 Å². The fraction of sp³-hybridized carbons (Fsp3) is 0.467. The molecule has 0 amide bonds. The van der Waals surface area contributed by atoms with Gasteiger partial charge in [-0.1, -0.05) is 19.6 Å². The van der Waals surface area contributed by atoms with Crippen LogP contribution in [0.25, 0.3) is 11.4 Å². The fourth-order valence-electron chi connectivity index (χ4n) is 1.85. The van der Waals surface area contributed by atoms with E-state index < -0.39 is 8.07 Å². The molecule has 0 saturated carbocycles. The first kappa shape index (κ1) is 15.7. The van der Waals surface area contributed by atoms with Gasteiger partial charge in [-0.25, -0.2) is 9.67 Å². The highest BCUT2D eigenvalue weighted by Crippen LogP contribution is 2.20. The highest BCUT2D eigenvalue weighted by atomic mass is 28.3. The van der Waals surface area contributed by atoms with Crippen molar-refractivity contribution in [1.82, 2.24) is 14.8 Å². The molecule has 1 aromatic heterocycles. The summed E-state index contributed by atoms with van der Waals surface area (Å²) in [6.07, 6.45) is 1.56. The minimum atomic E-state index is -1.05. The molecule has 0 radical (unpaired) electrons. The number of ether oxygens (including phenoxy) is 2. The van der Waals surface area contributed by atoms with E-state index in [1.165, 1.54) is 0 Å². The summed E-state index contributed by atoms with van der Waals surface area (Å²) in [6.45, 7) is 8.24. The van der Waals surface area contributed by atoms with Crippen LogP contribution < -0.4 is 4.74 Å². The summed E-state index contributed by atoms with van der Waals surface area (Å²) in [6, 6.07) is 8.93. The third-order valence-corrected chi connectivity index (χ3v) is 4.88. The van der Waals surface area contributed by atoms with Crippen molar-refractivity contribution in [3.63, 3.8) is 0 Å². The fourth-order valence-corrected chi connectivity index (χ4v) is 2.61. The average Bonchev–Trinajstić information content (AvgIpc) is 2.91. The Kier molecular flexibility index (Phi) is 5.14. The van der Waals surface area contributed by atoms with Crippen molar-refractivity contribution >= 4 is 8.07 Å². The highest BCUT2D eigenvalue weighted by molar-refractivity contribution is 6.76. The third kappa shape index (κ3) is 4.68. The van der Waals surface area contributed by atoms with Crippen LogP contribution >= 0.6 is 0 Å². The van der Waals surface area contributed by atoms with Gasteiger partial charge in [-0.05, 0) is 30.3 Å². The monoisotopic (exact) mass is 305 g/mol. The molecule has 0 unspecified atom stereocenters. The number of aromatic nitrogens is 3. The smallest absolute Gasteiger partial charge is 0.160 e. The molecule has 114 valence electrons. The van der Waals surface area contributed by atoms with Gasteiger partial charge in [0, 0.05) is 20.2 Å². The Morgan fingerprint density at radius 3 is 2.48 bits per heavy atom. The maximum absolute atomic E-state index is 5.73. The van der Waals surface area contributed by atoms with Crippen molar-refractivity contribution in [2.75, 3.05) is 13.7 Å². The predicted molar refractivity (Wildman–Crippen MR) is 86.1 cm³/mol. The topological polar surface area (TPSA) is 49.2 Å². The van der Waals surface area contributed by atoms with Crippen LogP contribution in [0.4, 0.5) is 0 Å². The third-order valence-electron chi connectivity index (χ3n) is 3.17. The van der Waals surface area contributed by atoms with Gasteiger partial charge < -0.3 is 9.47 Å². The molecule has 1 heterocycles. The zero-order valence-electron chi connectivity index (χ0n) is 13.2. The van der Waals surface area contributed by atoms with Gasteiger partial charge in [0.25, 0.3) is 0 Å². The second-order valence-electron chi connectivity index (χ2n) is 6.16. The van der Waals surface area contributed by atoms with E-state index in [4.69, 9.17) is 9.47 Å². The van der Waals surface area contributed by atoms with Gasteiger partial charge in [-0.15, -0.1) is 0 Å². The van der Waals surface area contributed by atoms with Crippen LogP contribution in [-0.2, 0) is 11.5 Å². The second-order valence-corrected chi connectivity index (χ2v) is 11.8. The van der Waals surface area contributed by atoms with Gasteiger partial charge in [-0.3, -0.25) is 0 Å². The quantitative estimate of drug-likeness (QED) is 0.582. The first-order chi connectivity index (χ1) is 9.99. The largest absolute Gasteiger partial charge is 0.497 e. The van der Waals surface area contributed by atoms with Gasteiger partial charge in [0.1, 0.15) is 18.8 Å².